The summed E-state index contributed by atoms with van der Waals surface area (Å²) in [4.78, 5) is 4.26. The van der Waals surface area contributed by atoms with E-state index in [0.29, 0.717) is 10.0 Å². The summed E-state index contributed by atoms with van der Waals surface area (Å²) in [6, 6.07) is 5.36. The number of aryl methyl sites for hydroxylation is 1. The molecule has 1 aromatic heterocycles. The molecular weight excluding hydrogens is 299 g/mol. The SMILES string of the molecule is Cn1cnc(-c2ccc(Cl)cc2Cl)c1Br. The summed E-state index contributed by atoms with van der Waals surface area (Å²) >= 11 is 15.4. The molecule has 5 heteroatoms. The van der Waals surface area contributed by atoms with Gasteiger partial charge in [0.05, 0.1) is 11.3 Å². The number of halogens is 3. The van der Waals surface area contributed by atoms with E-state index in [2.05, 4.69) is 20.9 Å². The molecule has 0 fully saturated rings. The van der Waals surface area contributed by atoms with Crippen molar-refractivity contribution >= 4 is 39.1 Å². The highest BCUT2D eigenvalue weighted by Gasteiger charge is 2.11. The minimum Gasteiger partial charge on any atom is -0.328 e. The van der Waals surface area contributed by atoms with E-state index in [-0.39, 0.29) is 0 Å². The second kappa shape index (κ2) is 4.16. The van der Waals surface area contributed by atoms with Crippen molar-refractivity contribution < 1.29 is 0 Å². The zero-order valence-corrected chi connectivity index (χ0v) is 10.9. The van der Waals surface area contributed by atoms with Crippen molar-refractivity contribution in [3.8, 4) is 11.3 Å². The second-order valence-electron chi connectivity index (χ2n) is 3.12. The molecule has 0 bridgehead atoms. The van der Waals surface area contributed by atoms with Gasteiger partial charge >= 0.3 is 0 Å². The van der Waals surface area contributed by atoms with Crippen LogP contribution in [0.5, 0.6) is 0 Å². The number of nitrogens with zero attached hydrogens (tertiary/aromatic N) is 2. The number of benzene rings is 1. The minimum absolute atomic E-state index is 0.599. The van der Waals surface area contributed by atoms with Crippen molar-refractivity contribution in [2.24, 2.45) is 7.05 Å². The molecule has 0 aliphatic rings. The Labute approximate surface area is 106 Å². The van der Waals surface area contributed by atoms with Crippen molar-refractivity contribution in [2.45, 2.75) is 0 Å². The first kappa shape index (κ1) is 11.0. The Hall–Kier alpha value is -0.510. The van der Waals surface area contributed by atoms with E-state index >= 15 is 0 Å². The van der Waals surface area contributed by atoms with Gasteiger partial charge in [0, 0.05) is 17.6 Å². The van der Waals surface area contributed by atoms with E-state index in [1.807, 2.05) is 17.7 Å². The number of rotatable bonds is 1. The van der Waals surface area contributed by atoms with Crippen molar-refractivity contribution in [3.63, 3.8) is 0 Å². The average Bonchev–Trinajstić information content (AvgIpc) is 2.49. The number of hydrogen-bond donors (Lipinski definition) is 0. The van der Waals surface area contributed by atoms with Crippen LogP contribution in [0.25, 0.3) is 11.3 Å². The zero-order valence-electron chi connectivity index (χ0n) is 7.84. The van der Waals surface area contributed by atoms with Crippen LogP contribution in [0.15, 0.2) is 29.1 Å². The molecule has 0 radical (unpaired) electrons. The summed E-state index contributed by atoms with van der Waals surface area (Å²) in [5.74, 6) is 0. The Morgan fingerprint density at radius 1 is 1.33 bits per heavy atom. The molecule has 15 heavy (non-hydrogen) atoms. The Kier molecular flexibility index (Phi) is 3.05. The molecule has 0 unspecified atom stereocenters. The second-order valence-corrected chi connectivity index (χ2v) is 4.71. The van der Waals surface area contributed by atoms with Gasteiger partial charge in [-0.1, -0.05) is 23.2 Å². The van der Waals surface area contributed by atoms with E-state index in [1.54, 1.807) is 18.5 Å². The van der Waals surface area contributed by atoms with Crippen LogP contribution in [0.3, 0.4) is 0 Å². The molecule has 0 atom stereocenters. The summed E-state index contributed by atoms with van der Waals surface area (Å²) in [6.45, 7) is 0. The van der Waals surface area contributed by atoms with Gasteiger partial charge in [0.1, 0.15) is 10.3 Å². The molecule has 0 aliphatic carbocycles. The van der Waals surface area contributed by atoms with Gasteiger partial charge in [0.15, 0.2) is 0 Å². The predicted molar refractivity (Wildman–Crippen MR) is 66.4 cm³/mol. The quantitative estimate of drug-likeness (QED) is 0.773. The van der Waals surface area contributed by atoms with E-state index in [9.17, 15) is 0 Å². The number of hydrogen-bond acceptors (Lipinski definition) is 1. The molecular formula is C10H7BrCl2N2. The van der Waals surface area contributed by atoms with Crippen LogP contribution in [-0.2, 0) is 7.05 Å². The van der Waals surface area contributed by atoms with Crippen molar-refractivity contribution in [1.82, 2.24) is 9.55 Å². The third kappa shape index (κ3) is 2.05. The van der Waals surface area contributed by atoms with Gasteiger partial charge < -0.3 is 4.57 Å². The summed E-state index contributed by atoms with van der Waals surface area (Å²) in [5, 5.41) is 1.22. The average molecular weight is 306 g/mol. The number of imidazole rings is 1. The maximum Gasteiger partial charge on any atom is 0.112 e. The molecule has 0 spiro atoms. The highest BCUT2D eigenvalue weighted by Crippen LogP contribution is 2.33. The van der Waals surface area contributed by atoms with Crippen LogP contribution in [0.2, 0.25) is 10.0 Å². The molecule has 0 N–H and O–H groups in total. The van der Waals surface area contributed by atoms with Crippen LogP contribution in [-0.4, -0.2) is 9.55 Å². The molecule has 2 aromatic rings. The van der Waals surface area contributed by atoms with E-state index in [1.165, 1.54) is 0 Å². The van der Waals surface area contributed by atoms with Crippen molar-refractivity contribution in [1.29, 1.82) is 0 Å². The van der Waals surface area contributed by atoms with Gasteiger partial charge in [0.2, 0.25) is 0 Å². The molecule has 2 nitrogen and oxygen atoms in total. The molecule has 1 aromatic carbocycles. The van der Waals surface area contributed by atoms with Crippen molar-refractivity contribution in [3.05, 3.63) is 39.2 Å². The fourth-order valence-corrected chi connectivity index (χ4v) is 2.18. The van der Waals surface area contributed by atoms with Gasteiger partial charge in [-0.15, -0.1) is 0 Å². The lowest BCUT2D eigenvalue weighted by Gasteiger charge is -2.02. The molecule has 0 saturated heterocycles. The fourth-order valence-electron chi connectivity index (χ4n) is 1.28. The minimum atomic E-state index is 0.599. The van der Waals surface area contributed by atoms with Gasteiger partial charge in [-0.05, 0) is 34.1 Å². The van der Waals surface area contributed by atoms with Crippen LogP contribution in [0.1, 0.15) is 0 Å². The van der Waals surface area contributed by atoms with E-state index in [0.717, 1.165) is 15.9 Å². The Morgan fingerprint density at radius 2 is 2.07 bits per heavy atom. The Balaban J connectivity index is 2.59. The fraction of sp³-hybridized carbons (Fsp3) is 0.100. The van der Waals surface area contributed by atoms with Crippen molar-refractivity contribution in [2.75, 3.05) is 0 Å². The Morgan fingerprint density at radius 3 is 2.60 bits per heavy atom. The van der Waals surface area contributed by atoms with Crippen LogP contribution in [0.4, 0.5) is 0 Å². The molecule has 78 valence electrons. The lowest BCUT2D eigenvalue weighted by Crippen LogP contribution is -1.85. The smallest absolute Gasteiger partial charge is 0.112 e. The van der Waals surface area contributed by atoms with E-state index < -0.39 is 0 Å². The molecule has 2 rings (SSSR count). The van der Waals surface area contributed by atoms with Crippen LogP contribution >= 0.6 is 39.1 Å². The maximum absolute atomic E-state index is 6.09. The summed E-state index contributed by atoms with van der Waals surface area (Å²) < 4.78 is 2.77. The van der Waals surface area contributed by atoms with Gasteiger partial charge in [0.25, 0.3) is 0 Å². The maximum atomic E-state index is 6.09. The first-order valence-corrected chi connectivity index (χ1v) is 5.76. The molecule has 0 saturated carbocycles. The van der Waals surface area contributed by atoms with Gasteiger partial charge in [-0.3, -0.25) is 0 Å². The van der Waals surface area contributed by atoms with Gasteiger partial charge in [-0.25, -0.2) is 4.98 Å². The predicted octanol–water partition coefficient (Wildman–Crippen LogP) is 4.16. The lowest BCUT2D eigenvalue weighted by molar-refractivity contribution is 0.891. The third-order valence-corrected chi connectivity index (χ3v) is 3.53. The van der Waals surface area contributed by atoms with Crippen LogP contribution < -0.4 is 0 Å². The van der Waals surface area contributed by atoms with Gasteiger partial charge in [-0.2, -0.15) is 0 Å². The summed E-state index contributed by atoms with van der Waals surface area (Å²) in [6.07, 6.45) is 1.73. The molecule has 1 heterocycles. The normalized spacial score (nSPS) is 10.7. The lowest BCUT2D eigenvalue weighted by atomic mass is 10.2. The zero-order chi connectivity index (χ0) is 11.0. The topological polar surface area (TPSA) is 17.8 Å². The van der Waals surface area contributed by atoms with Crippen LogP contribution in [0, 0.1) is 0 Å². The molecule has 0 amide bonds. The Bertz CT molecular complexity index is 508. The first-order valence-electron chi connectivity index (χ1n) is 4.22. The highest BCUT2D eigenvalue weighted by molar-refractivity contribution is 9.10. The van der Waals surface area contributed by atoms with E-state index in [4.69, 9.17) is 23.2 Å². The third-order valence-electron chi connectivity index (χ3n) is 2.05. The largest absolute Gasteiger partial charge is 0.328 e. The number of aromatic nitrogens is 2. The monoisotopic (exact) mass is 304 g/mol. The summed E-state index contributed by atoms with van der Waals surface area (Å²) in [5.41, 5.74) is 1.69. The summed E-state index contributed by atoms with van der Waals surface area (Å²) in [7, 11) is 1.91. The molecule has 0 aliphatic heterocycles. The standard InChI is InChI=1S/C10H7BrCl2N2/c1-15-5-14-9(10(15)11)7-3-2-6(12)4-8(7)13/h2-5H,1H3. The first-order chi connectivity index (χ1) is 7.09. The highest BCUT2D eigenvalue weighted by atomic mass is 79.9.